The molecule has 0 aliphatic carbocycles. The maximum atomic E-state index is 10.7. The Morgan fingerprint density at radius 3 is 2.52 bits per heavy atom. The summed E-state index contributed by atoms with van der Waals surface area (Å²) < 4.78 is 17.0. The normalized spacial score (nSPS) is 10.3. The smallest absolute Gasteiger partial charge is 0.303 e. The van der Waals surface area contributed by atoms with Crippen LogP contribution in [0.4, 0.5) is 0 Å². The van der Waals surface area contributed by atoms with Crippen LogP contribution in [0.15, 0.2) is 42.5 Å². The Balaban J connectivity index is 1.90. The van der Waals surface area contributed by atoms with Crippen LogP contribution in [0.25, 0.3) is 0 Å². The summed E-state index contributed by atoms with van der Waals surface area (Å²) in [4.78, 5) is 10.7. The summed E-state index contributed by atoms with van der Waals surface area (Å²) in [5.41, 5.74) is 2.06. The van der Waals surface area contributed by atoms with E-state index in [0.717, 1.165) is 16.9 Å². The first-order valence-electron chi connectivity index (χ1n) is 8.38. The number of benzene rings is 2. The molecule has 25 heavy (non-hydrogen) atoms. The number of carbonyl (C=O) groups is 1. The molecule has 2 aromatic carbocycles. The van der Waals surface area contributed by atoms with Crippen molar-refractivity contribution >= 4 is 5.97 Å². The fraction of sp³-hybridized carbons (Fsp3) is 0.350. The minimum absolute atomic E-state index is 0.0934. The lowest BCUT2D eigenvalue weighted by Gasteiger charge is -2.14. The Kier molecular flexibility index (Phi) is 7.14. The minimum Gasteiger partial charge on any atom is -0.490 e. The van der Waals surface area contributed by atoms with E-state index in [9.17, 15) is 4.79 Å². The van der Waals surface area contributed by atoms with E-state index in [1.165, 1.54) is 0 Å². The maximum Gasteiger partial charge on any atom is 0.303 e. The molecule has 0 heterocycles. The van der Waals surface area contributed by atoms with Crippen molar-refractivity contribution < 1.29 is 24.1 Å². The third kappa shape index (κ3) is 6.37. The number of hydrogen-bond donors (Lipinski definition) is 1. The van der Waals surface area contributed by atoms with Crippen LogP contribution in [0.1, 0.15) is 24.5 Å². The van der Waals surface area contributed by atoms with Crippen molar-refractivity contribution in [3.05, 3.63) is 53.6 Å². The van der Waals surface area contributed by atoms with E-state index >= 15 is 0 Å². The summed E-state index contributed by atoms with van der Waals surface area (Å²) in [6.45, 7) is 5.25. The first kappa shape index (κ1) is 18.6. The lowest BCUT2D eigenvalue weighted by atomic mass is 10.1. The van der Waals surface area contributed by atoms with Gasteiger partial charge in [-0.25, -0.2) is 0 Å². The Morgan fingerprint density at radius 2 is 1.80 bits per heavy atom. The number of ether oxygens (including phenoxy) is 3. The zero-order chi connectivity index (χ0) is 18.1. The van der Waals surface area contributed by atoms with E-state index in [4.69, 9.17) is 19.3 Å². The summed E-state index contributed by atoms with van der Waals surface area (Å²) in [6, 6.07) is 13.4. The summed E-state index contributed by atoms with van der Waals surface area (Å²) in [5, 5.41) is 8.79. The van der Waals surface area contributed by atoms with E-state index < -0.39 is 5.97 Å². The molecule has 0 radical (unpaired) electrons. The van der Waals surface area contributed by atoms with Gasteiger partial charge in [-0.2, -0.15) is 0 Å². The highest BCUT2D eigenvalue weighted by atomic mass is 16.5. The quantitative estimate of drug-likeness (QED) is 0.663. The average molecular weight is 344 g/mol. The molecule has 0 aliphatic heterocycles. The lowest BCUT2D eigenvalue weighted by molar-refractivity contribution is -0.136. The SMILES string of the molecule is CCOc1cc(CCC(=O)O)ccc1OCCOc1cccc(C)c1. The molecule has 0 unspecified atom stereocenters. The molecule has 0 atom stereocenters. The maximum absolute atomic E-state index is 10.7. The molecule has 0 saturated heterocycles. The highest BCUT2D eigenvalue weighted by Gasteiger charge is 2.08. The van der Waals surface area contributed by atoms with Gasteiger partial charge in [-0.1, -0.05) is 18.2 Å². The van der Waals surface area contributed by atoms with Gasteiger partial charge in [0.2, 0.25) is 0 Å². The summed E-state index contributed by atoms with van der Waals surface area (Å²) in [5.74, 6) is 1.26. The van der Waals surface area contributed by atoms with E-state index in [0.29, 0.717) is 37.7 Å². The monoisotopic (exact) mass is 344 g/mol. The molecular weight excluding hydrogens is 320 g/mol. The minimum atomic E-state index is -0.813. The van der Waals surface area contributed by atoms with Crippen LogP contribution in [0.2, 0.25) is 0 Å². The molecule has 0 spiro atoms. The largest absolute Gasteiger partial charge is 0.490 e. The standard InChI is InChI=1S/C20H24O5/c1-3-23-19-14-16(8-10-20(21)22)7-9-18(19)25-12-11-24-17-6-4-5-15(2)13-17/h4-7,9,13-14H,3,8,10-12H2,1-2H3,(H,21,22). The molecule has 2 rings (SSSR count). The van der Waals surface area contributed by atoms with E-state index in [1.54, 1.807) is 0 Å². The fourth-order valence-corrected chi connectivity index (χ4v) is 2.36. The fourth-order valence-electron chi connectivity index (χ4n) is 2.36. The third-order valence-electron chi connectivity index (χ3n) is 3.53. The van der Waals surface area contributed by atoms with Crippen molar-refractivity contribution in [1.82, 2.24) is 0 Å². The molecule has 5 heteroatoms. The highest BCUT2D eigenvalue weighted by Crippen LogP contribution is 2.29. The second-order valence-corrected chi connectivity index (χ2v) is 5.62. The molecule has 0 aliphatic rings. The van der Waals surface area contributed by atoms with Crippen molar-refractivity contribution in [1.29, 1.82) is 0 Å². The van der Waals surface area contributed by atoms with Gasteiger partial charge in [0.05, 0.1) is 6.61 Å². The highest BCUT2D eigenvalue weighted by molar-refractivity contribution is 5.67. The van der Waals surface area contributed by atoms with E-state index in [1.807, 2.05) is 56.3 Å². The van der Waals surface area contributed by atoms with Crippen molar-refractivity contribution in [3.63, 3.8) is 0 Å². The summed E-state index contributed by atoms with van der Waals surface area (Å²) >= 11 is 0. The topological polar surface area (TPSA) is 65.0 Å². The summed E-state index contributed by atoms with van der Waals surface area (Å²) in [6.07, 6.45) is 0.558. The molecule has 0 amide bonds. The van der Waals surface area contributed by atoms with Crippen LogP contribution in [-0.4, -0.2) is 30.9 Å². The molecular formula is C20H24O5. The van der Waals surface area contributed by atoms with Gasteiger partial charge in [-0.15, -0.1) is 0 Å². The van der Waals surface area contributed by atoms with Crippen LogP contribution < -0.4 is 14.2 Å². The van der Waals surface area contributed by atoms with Crippen molar-refractivity contribution in [2.24, 2.45) is 0 Å². The van der Waals surface area contributed by atoms with Crippen LogP contribution in [0.5, 0.6) is 17.2 Å². The number of hydrogen-bond acceptors (Lipinski definition) is 4. The predicted molar refractivity (Wildman–Crippen MR) is 95.7 cm³/mol. The van der Waals surface area contributed by atoms with Crippen LogP contribution in [0, 0.1) is 6.92 Å². The molecule has 0 fully saturated rings. The Hall–Kier alpha value is -2.69. The van der Waals surface area contributed by atoms with Crippen LogP contribution >= 0.6 is 0 Å². The predicted octanol–water partition coefficient (Wildman–Crippen LogP) is 3.87. The number of rotatable bonds is 10. The van der Waals surface area contributed by atoms with Crippen LogP contribution in [-0.2, 0) is 11.2 Å². The first-order chi connectivity index (χ1) is 12.1. The van der Waals surface area contributed by atoms with Crippen molar-refractivity contribution in [3.8, 4) is 17.2 Å². The van der Waals surface area contributed by atoms with Crippen LogP contribution in [0.3, 0.4) is 0 Å². The Labute approximate surface area is 148 Å². The molecule has 5 nitrogen and oxygen atoms in total. The van der Waals surface area contributed by atoms with Crippen molar-refractivity contribution in [2.45, 2.75) is 26.7 Å². The van der Waals surface area contributed by atoms with Gasteiger partial charge < -0.3 is 19.3 Å². The van der Waals surface area contributed by atoms with Crippen molar-refractivity contribution in [2.75, 3.05) is 19.8 Å². The molecule has 1 N–H and O–H groups in total. The molecule has 0 saturated carbocycles. The molecule has 2 aromatic rings. The zero-order valence-corrected chi connectivity index (χ0v) is 14.7. The zero-order valence-electron chi connectivity index (χ0n) is 14.7. The Bertz CT molecular complexity index is 696. The number of carboxylic acids is 1. The van der Waals surface area contributed by atoms with Gasteiger partial charge in [-0.3, -0.25) is 4.79 Å². The van der Waals surface area contributed by atoms with E-state index in [-0.39, 0.29) is 6.42 Å². The van der Waals surface area contributed by atoms with Gasteiger partial charge in [0.25, 0.3) is 0 Å². The van der Waals surface area contributed by atoms with Gasteiger partial charge in [0.1, 0.15) is 19.0 Å². The lowest BCUT2D eigenvalue weighted by Crippen LogP contribution is -2.10. The third-order valence-corrected chi connectivity index (χ3v) is 3.53. The second-order valence-electron chi connectivity index (χ2n) is 5.62. The second kappa shape index (κ2) is 9.57. The summed E-state index contributed by atoms with van der Waals surface area (Å²) in [7, 11) is 0. The van der Waals surface area contributed by atoms with Gasteiger partial charge in [0, 0.05) is 6.42 Å². The molecule has 0 aromatic heterocycles. The van der Waals surface area contributed by atoms with Gasteiger partial charge in [-0.05, 0) is 55.7 Å². The van der Waals surface area contributed by atoms with Gasteiger partial charge >= 0.3 is 5.97 Å². The number of carboxylic acid groups (broad SMARTS) is 1. The first-order valence-corrected chi connectivity index (χ1v) is 8.38. The molecule has 0 bridgehead atoms. The number of aryl methyl sites for hydroxylation is 2. The molecule has 134 valence electrons. The average Bonchev–Trinajstić information content (AvgIpc) is 2.58. The Morgan fingerprint density at radius 1 is 1.00 bits per heavy atom. The van der Waals surface area contributed by atoms with Gasteiger partial charge in [0.15, 0.2) is 11.5 Å². The van der Waals surface area contributed by atoms with E-state index in [2.05, 4.69) is 0 Å². The number of aliphatic carboxylic acids is 1.